The molecule has 0 radical (unpaired) electrons. The highest BCUT2D eigenvalue weighted by molar-refractivity contribution is 6.01. The largest absolute Gasteiger partial charge is 0.586 e. The molecule has 1 aliphatic carbocycles. The maximum Gasteiger partial charge on any atom is 0.586 e. The van der Waals surface area contributed by atoms with Crippen LogP contribution in [0.4, 0.5) is 14.6 Å². The second kappa shape index (κ2) is 7.41. The summed E-state index contributed by atoms with van der Waals surface area (Å²) in [6, 6.07) is 11.5. The quantitative estimate of drug-likeness (QED) is 0.495. The van der Waals surface area contributed by atoms with Gasteiger partial charge in [0.1, 0.15) is 11.6 Å². The summed E-state index contributed by atoms with van der Waals surface area (Å²) in [7, 11) is 0. The Morgan fingerprint density at radius 2 is 1.79 bits per heavy atom. The van der Waals surface area contributed by atoms with Gasteiger partial charge in [0, 0.05) is 6.99 Å². The Morgan fingerprint density at radius 1 is 1.06 bits per heavy atom. The van der Waals surface area contributed by atoms with E-state index in [1.165, 1.54) is 24.3 Å². The minimum absolute atomic E-state index is 0. The molecule has 0 spiro atoms. The number of aromatic hydroxyl groups is 1. The number of benzene rings is 2. The Balaban J connectivity index is 0.00000289. The molecule has 0 saturated heterocycles. The third-order valence-electron chi connectivity index (χ3n) is 5.92. The van der Waals surface area contributed by atoms with Crippen LogP contribution < -0.4 is 14.8 Å². The monoisotopic (exact) mass is 470 g/mol. The molecule has 0 unspecified atom stereocenters. The predicted octanol–water partition coefficient (Wildman–Crippen LogP) is 4.70. The number of phenols is 1. The van der Waals surface area contributed by atoms with Crippen molar-refractivity contribution in [3.63, 3.8) is 0 Å². The normalized spacial score (nSPS) is 16.7. The standard InChI is InChI=1S/C24H18F2N2O6.H2/c1-12-2-5-19(27-20(12)13-8-14(21(30)31)10-16(29)9-13)28-22(32)23(6-7-23)15-3-4-17-18(11-15)34-24(25,26)33-17;/h2-5,8-11,29H,6-7H2,1H3,(H,30,31)(H,27,28,32);1H. The third kappa shape index (κ3) is 3.76. The number of carboxylic acids is 1. The Hall–Kier alpha value is -4.21. The molecule has 5 rings (SSSR count). The number of alkyl halides is 2. The molecular weight excluding hydrogens is 450 g/mol. The van der Waals surface area contributed by atoms with E-state index in [4.69, 9.17) is 0 Å². The van der Waals surface area contributed by atoms with Gasteiger partial charge in [-0.15, -0.1) is 8.78 Å². The fourth-order valence-electron chi connectivity index (χ4n) is 4.02. The number of carbonyl (C=O) groups is 2. The molecule has 1 aliphatic heterocycles. The van der Waals surface area contributed by atoms with Crippen LogP contribution in [-0.2, 0) is 10.2 Å². The van der Waals surface area contributed by atoms with E-state index < -0.39 is 17.7 Å². The number of aryl methyl sites for hydroxylation is 1. The van der Waals surface area contributed by atoms with Gasteiger partial charge in [-0.05, 0) is 67.3 Å². The maximum atomic E-state index is 13.4. The Bertz CT molecular complexity index is 1360. The van der Waals surface area contributed by atoms with Gasteiger partial charge in [-0.1, -0.05) is 12.1 Å². The topological polar surface area (TPSA) is 118 Å². The molecule has 3 aromatic rings. The summed E-state index contributed by atoms with van der Waals surface area (Å²) < 4.78 is 35.6. The minimum Gasteiger partial charge on any atom is -0.508 e. The molecule has 1 aromatic heterocycles. The van der Waals surface area contributed by atoms with E-state index in [9.17, 15) is 28.6 Å². The van der Waals surface area contributed by atoms with Crippen LogP contribution in [-0.4, -0.2) is 33.4 Å². The van der Waals surface area contributed by atoms with Crippen LogP contribution in [0.3, 0.4) is 0 Å². The first-order chi connectivity index (χ1) is 16.1. The van der Waals surface area contributed by atoms with Gasteiger partial charge in [-0.2, -0.15) is 0 Å². The van der Waals surface area contributed by atoms with Crippen LogP contribution in [0.25, 0.3) is 11.3 Å². The van der Waals surface area contributed by atoms with E-state index in [2.05, 4.69) is 19.8 Å². The highest BCUT2D eigenvalue weighted by Gasteiger charge is 2.53. The molecule has 2 aromatic carbocycles. The average Bonchev–Trinajstić information content (AvgIpc) is 3.51. The number of hydrogen-bond donors (Lipinski definition) is 3. The molecule has 2 heterocycles. The fourth-order valence-corrected chi connectivity index (χ4v) is 4.02. The number of hydrogen-bond acceptors (Lipinski definition) is 6. The first-order valence-electron chi connectivity index (χ1n) is 10.3. The number of carbonyl (C=O) groups excluding carboxylic acids is 1. The Kier molecular flexibility index (Phi) is 4.71. The zero-order chi connectivity index (χ0) is 24.3. The molecule has 10 heteroatoms. The summed E-state index contributed by atoms with van der Waals surface area (Å²) in [5, 5.41) is 22.0. The Morgan fingerprint density at radius 3 is 2.50 bits per heavy atom. The fraction of sp³-hybridized carbons (Fsp3) is 0.208. The van der Waals surface area contributed by atoms with Crippen molar-refractivity contribution in [1.29, 1.82) is 0 Å². The summed E-state index contributed by atoms with van der Waals surface area (Å²) in [4.78, 5) is 29.0. The zero-order valence-electron chi connectivity index (χ0n) is 17.8. The van der Waals surface area contributed by atoms with E-state index >= 15 is 0 Å². The van der Waals surface area contributed by atoms with Crippen LogP contribution in [0.5, 0.6) is 17.2 Å². The van der Waals surface area contributed by atoms with E-state index in [0.29, 0.717) is 35.2 Å². The maximum absolute atomic E-state index is 13.4. The van der Waals surface area contributed by atoms with Crippen molar-refractivity contribution >= 4 is 17.7 Å². The number of nitrogens with one attached hydrogen (secondary N) is 1. The van der Waals surface area contributed by atoms with Gasteiger partial charge in [0.05, 0.1) is 16.7 Å². The first-order valence-corrected chi connectivity index (χ1v) is 10.3. The molecule has 2 aliphatic rings. The number of halogens is 2. The second-order valence-electron chi connectivity index (χ2n) is 8.30. The van der Waals surface area contributed by atoms with Crippen molar-refractivity contribution in [2.45, 2.75) is 31.5 Å². The number of pyridine rings is 1. The number of phenolic OH excluding ortho intramolecular Hbond substituents is 1. The SMILES string of the molecule is Cc1ccc(NC(=O)C2(c3ccc4c(c3)OC(F)(F)O4)CC2)nc1-c1cc(O)cc(C(=O)O)c1.[HH]. The van der Waals surface area contributed by atoms with Gasteiger partial charge in [-0.3, -0.25) is 4.79 Å². The van der Waals surface area contributed by atoms with E-state index in [1.807, 2.05) is 0 Å². The van der Waals surface area contributed by atoms with Crippen molar-refractivity contribution < 1.29 is 39.5 Å². The summed E-state index contributed by atoms with van der Waals surface area (Å²) in [5.74, 6) is -1.78. The number of rotatable bonds is 5. The molecule has 34 heavy (non-hydrogen) atoms. The molecule has 1 saturated carbocycles. The molecule has 0 bridgehead atoms. The number of nitrogens with zero attached hydrogens (tertiary/aromatic N) is 1. The van der Waals surface area contributed by atoms with Crippen LogP contribution in [0.15, 0.2) is 48.5 Å². The lowest BCUT2D eigenvalue weighted by molar-refractivity contribution is -0.286. The molecule has 0 atom stereocenters. The van der Waals surface area contributed by atoms with Crippen molar-refractivity contribution in [2.24, 2.45) is 0 Å². The first kappa shape index (κ1) is 21.6. The Labute approximate surface area is 193 Å². The van der Waals surface area contributed by atoms with Crippen molar-refractivity contribution in [3.8, 4) is 28.5 Å². The lowest BCUT2D eigenvalue weighted by atomic mass is 9.94. The molecule has 3 N–H and O–H groups in total. The number of fused-ring (bicyclic) bond motifs is 1. The lowest BCUT2D eigenvalue weighted by Crippen LogP contribution is -2.28. The number of ether oxygens (including phenoxy) is 2. The molecule has 176 valence electrons. The number of carboxylic acid groups (broad SMARTS) is 1. The average molecular weight is 470 g/mol. The molecule has 8 nitrogen and oxygen atoms in total. The summed E-state index contributed by atoms with van der Waals surface area (Å²) in [5.41, 5.74) is 0.991. The number of anilines is 1. The second-order valence-corrected chi connectivity index (χ2v) is 8.30. The van der Waals surface area contributed by atoms with E-state index in [-0.39, 0.29) is 36.0 Å². The van der Waals surface area contributed by atoms with Crippen LogP contribution in [0.1, 0.15) is 35.8 Å². The van der Waals surface area contributed by atoms with Gasteiger partial charge in [0.25, 0.3) is 0 Å². The predicted molar refractivity (Wildman–Crippen MR) is 117 cm³/mol. The van der Waals surface area contributed by atoms with Gasteiger partial charge in [0.15, 0.2) is 11.5 Å². The molecule has 1 amide bonds. The smallest absolute Gasteiger partial charge is 0.508 e. The highest BCUT2D eigenvalue weighted by Crippen LogP contribution is 2.52. The lowest BCUT2D eigenvalue weighted by Gasteiger charge is -2.17. The summed E-state index contributed by atoms with van der Waals surface area (Å²) in [6.45, 7) is 1.77. The highest BCUT2D eigenvalue weighted by atomic mass is 19.3. The van der Waals surface area contributed by atoms with Crippen LogP contribution >= 0.6 is 0 Å². The number of aromatic carboxylic acids is 1. The van der Waals surface area contributed by atoms with Crippen molar-refractivity contribution in [2.75, 3.05) is 5.32 Å². The van der Waals surface area contributed by atoms with Crippen molar-refractivity contribution in [3.05, 3.63) is 65.2 Å². The van der Waals surface area contributed by atoms with Crippen LogP contribution in [0.2, 0.25) is 0 Å². The van der Waals surface area contributed by atoms with Crippen LogP contribution in [0, 0.1) is 6.92 Å². The summed E-state index contributed by atoms with van der Waals surface area (Å²) in [6.07, 6.45) is -2.71. The summed E-state index contributed by atoms with van der Waals surface area (Å²) >= 11 is 0. The zero-order valence-corrected chi connectivity index (χ0v) is 17.8. The van der Waals surface area contributed by atoms with E-state index in [1.54, 1.807) is 25.1 Å². The number of amides is 1. The van der Waals surface area contributed by atoms with E-state index in [0.717, 1.165) is 6.07 Å². The van der Waals surface area contributed by atoms with Gasteiger partial charge in [0.2, 0.25) is 5.91 Å². The van der Waals surface area contributed by atoms with Gasteiger partial charge in [-0.25, -0.2) is 9.78 Å². The van der Waals surface area contributed by atoms with Crippen molar-refractivity contribution in [1.82, 2.24) is 4.98 Å². The number of aromatic nitrogens is 1. The molecular formula is C24H20F2N2O6. The third-order valence-corrected chi connectivity index (χ3v) is 5.92. The minimum atomic E-state index is -3.74. The van der Waals surface area contributed by atoms with Gasteiger partial charge >= 0.3 is 12.3 Å². The van der Waals surface area contributed by atoms with Gasteiger partial charge < -0.3 is 25.0 Å². The molecule has 1 fully saturated rings.